The van der Waals surface area contributed by atoms with Crippen molar-refractivity contribution >= 4 is 22.0 Å². The van der Waals surface area contributed by atoms with Gasteiger partial charge in [0.2, 0.25) is 10.0 Å². The van der Waals surface area contributed by atoms with E-state index >= 15 is 0 Å². The first-order chi connectivity index (χ1) is 15.2. The van der Waals surface area contributed by atoms with Gasteiger partial charge in [0.25, 0.3) is 0 Å². The first-order valence-electron chi connectivity index (χ1n) is 11.2. The van der Waals surface area contributed by atoms with Gasteiger partial charge < -0.3 is 9.47 Å². The lowest BCUT2D eigenvalue weighted by Crippen LogP contribution is -2.33. The standard InChI is InChI=1S/C24H37NO6S/c1-5-7-8-12-23(31-20(3)26)13-10-19-25(32(4,28)29)18-9-11-21-14-16-22(17-15-21)24(27)30-6-2/h5,14-17,23H,1,6-13,18-19H2,2-4H3. The van der Waals surface area contributed by atoms with E-state index in [1.807, 2.05) is 18.2 Å². The lowest BCUT2D eigenvalue weighted by atomic mass is 10.1. The number of sulfonamides is 1. The Morgan fingerprint density at radius 3 is 2.28 bits per heavy atom. The molecule has 0 saturated heterocycles. The third kappa shape index (κ3) is 11.4. The summed E-state index contributed by atoms with van der Waals surface area (Å²) in [5.74, 6) is -0.665. The molecule has 7 nitrogen and oxygen atoms in total. The minimum absolute atomic E-state index is 0.202. The van der Waals surface area contributed by atoms with E-state index in [0.717, 1.165) is 24.8 Å². The van der Waals surface area contributed by atoms with Gasteiger partial charge >= 0.3 is 11.9 Å². The lowest BCUT2D eigenvalue weighted by Gasteiger charge is -2.22. The SMILES string of the molecule is C=CCCCC(CCCN(CCCc1ccc(C(=O)OCC)cc1)S(C)(=O)=O)OC(C)=O. The average Bonchev–Trinajstić information content (AvgIpc) is 2.72. The average molecular weight is 468 g/mol. The molecular formula is C24H37NO6S. The minimum atomic E-state index is -3.33. The molecule has 0 spiro atoms. The fourth-order valence-electron chi connectivity index (χ4n) is 3.41. The van der Waals surface area contributed by atoms with Crippen molar-refractivity contribution in [3.05, 3.63) is 48.0 Å². The quantitative estimate of drug-likeness (QED) is 0.206. The van der Waals surface area contributed by atoms with E-state index in [1.54, 1.807) is 19.1 Å². The highest BCUT2D eigenvalue weighted by Gasteiger charge is 2.18. The number of ether oxygens (including phenoxy) is 2. The monoisotopic (exact) mass is 467 g/mol. The zero-order valence-corrected chi connectivity index (χ0v) is 20.4. The number of carbonyl (C=O) groups excluding carboxylic acids is 2. The van der Waals surface area contributed by atoms with E-state index < -0.39 is 10.0 Å². The Hall–Kier alpha value is -2.19. The number of esters is 2. The number of hydrogen-bond acceptors (Lipinski definition) is 6. The normalized spacial score (nSPS) is 12.4. The largest absolute Gasteiger partial charge is 0.463 e. The number of unbranched alkanes of at least 4 members (excludes halogenated alkanes) is 1. The molecule has 1 unspecified atom stereocenters. The Balaban J connectivity index is 2.54. The van der Waals surface area contributed by atoms with Crippen molar-refractivity contribution in [1.29, 1.82) is 0 Å². The maximum atomic E-state index is 12.2. The van der Waals surface area contributed by atoms with Crippen molar-refractivity contribution in [3.8, 4) is 0 Å². The van der Waals surface area contributed by atoms with Gasteiger partial charge in [-0.15, -0.1) is 6.58 Å². The molecule has 0 aliphatic heterocycles. The maximum absolute atomic E-state index is 12.2. The van der Waals surface area contributed by atoms with Gasteiger partial charge in [-0.1, -0.05) is 18.2 Å². The number of aryl methyl sites for hydroxylation is 1. The molecule has 0 aliphatic rings. The first kappa shape index (κ1) is 27.8. The molecule has 0 aliphatic carbocycles. The van der Waals surface area contributed by atoms with Gasteiger partial charge in [-0.3, -0.25) is 4.79 Å². The molecule has 1 aromatic rings. The van der Waals surface area contributed by atoms with Crippen molar-refractivity contribution in [2.45, 2.75) is 64.9 Å². The van der Waals surface area contributed by atoms with Crippen molar-refractivity contribution in [2.24, 2.45) is 0 Å². The van der Waals surface area contributed by atoms with Gasteiger partial charge in [0.05, 0.1) is 18.4 Å². The van der Waals surface area contributed by atoms with Crippen LogP contribution in [0.5, 0.6) is 0 Å². The lowest BCUT2D eigenvalue weighted by molar-refractivity contribution is -0.147. The van der Waals surface area contributed by atoms with Crippen LogP contribution in [0.4, 0.5) is 0 Å². The Labute approximate surface area is 192 Å². The fraction of sp³-hybridized carbons (Fsp3) is 0.583. The van der Waals surface area contributed by atoms with Crippen LogP contribution >= 0.6 is 0 Å². The first-order valence-corrected chi connectivity index (χ1v) is 13.0. The molecule has 8 heteroatoms. The Kier molecular flexibility index (Phi) is 12.9. The van der Waals surface area contributed by atoms with Gasteiger partial charge in [-0.25, -0.2) is 17.5 Å². The van der Waals surface area contributed by atoms with E-state index in [2.05, 4.69) is 6.58 Å². The van der Waals surface area contributed by atoms with E-state index in [4.69, 9.17) is 9.47 Å². The molecular weight excluding hydrogens is 430 g/mol. The van der Waals surface area contributed by atoms with Crippen molar-refractivity contribution < 1.29 is 27.5 Å². The molecule has 0 saturated carbocycles. The van der Waals surface area contributed by atoms with Gasteiger partial charge in [-0.05, 0) is 69.6 Å². The minimum Gasteiger partial charge on any atom is -0.463 e. The highest BCUT2D eigenvalue weighted by molar-refractivity contribution is 7.88. The summed E-state index contributed by atoms with van der Waals surface area (Å²) >= 11 is 0. The number of carbonyl (C=O) groups is 2. The fourth-order valence-corrected chi connectivity index (χ4v) is 4.33. The summed E-state index contributed by atoms with van der Waals surface area (Å²) in [4.78, 5) is 23.1. The van der Waals surface area contributed by atoms with E-state index in [-0.39, 0.29) is 18.0 Å². The Morgan fingerprint density at radius 1 is 1.09 bits per heavy atom. The number of hydrogen-bond donors (Lipinski definition) is 0. The van der Waals surface area contributed by atoms with Crippen LogP contribution in [0.2, 0.25) is 0 Å². The third-order valence-electron chi connectivity index (χ3n) is 5.01. The van der Waals surface area contributed by atoms with Gasteiger partial charge in [0.15, 0.2) is 0 Å². The molecule has 1 rings (SSSR count). The molecule has 0 aromatic heterocycles. The van der Waals surface area contributed by atoms with Crippen molar-refractivity contribution in [3.63, 3.8) is 0 Å². The molecule has 0 amide bonds. The maximum Gasteiger partial charge on any atom is 0.338 e. The van der Waals surface area contributed by atoms with E-state index in [1.165, 1.54) is 17.5 Å². The van der Waals surface area contributed by atoms with Crippen LogP contribution in [0.1, 0.15) is 68.3 Å². The summed E-state index contributed by atoms with van der Waals surface area (Å²) in [7, 11) is -3.33. The van der Waals surface area contributed by atoms with Crippen molar-refractivity contribution in [2.75, 3.05) is 26.0 Å². The van der Waals surface area contributed by atoms with Gasteiger partial charge in [-0.2, -0.15) is 0 Å². The molecule has 32 heavy (non-hydrogen) atoms. The third-order valence-corrected chi connectivity index (χ3v) is 6.31. The molecule has 0 heterocycles. The zero-order valence-electron chi connectivity index (χ0n) is 19.5. The summed E-state index contributed by atoms with van der Waals surface area (Å²) in [5, 5.41) is 0. The van der Waals surface area contributed by atoms with Crippen molar-refractivity contribution in [1.82, 2.24) is 4.31 Å². The summed E-state index contributed by atoms with van der Waals surface area (Å²) in [6.07, 6.45) is 7.94. The van der Waals surface area contributed by atoms with Crippen LogP contribution in [0.25, 0.3) is 0 Å². The van der Waals surface area contributed by atoms with E-state index in [0.29, 0.717) is 50.9 Å². The second kappa shape index (κ2) is 14.8. The molecule has 0 radical (unpaired) electrons. The van der Waals surface area contributed by atoms with Crippen LogP contribution in [0, 0.1) is 0 Å². The van der Waals surface area contributed by atoms with Gasteiger partial charge in [0, 0.05) is 20.0 Å². The summed E-state index contributed by atoms with van der Waals surface area (Å²) in [6, 6.07) is 7.18. The second-order valence-electron chi connectivity index (χ2n) is 7.78. The predicted octanol–water partition coefficient (Wildman–Crippen LogP) is 4.13. The topological polar surface area (TPSA) is 90.0 Å². The van der Waals surface area contributed by atoms with E-state index in [9.17, 15) is 18.0 Å². The Morgan fingerprint density at radius 2 is 1.72 bits per heavy atom. The molecule has 0 fully saturated rings. The molecule has 1 atom stereocenters. The van der Waals surface area contributed by atoms with Crippen LogP contribution in [0.3, 0.4) is 0 Å². The Bertz CT molecular complexity index is 819. The molecule has 1 aromatic carbocycles. The summed E-state index contributed by atoms with van der Waals surface area (Å²) < 4.78 is 36.2. The highest BCUT2D eigenvalue weighted by Crippen LogP contribution is 2.14. The molecule has 0 bridgehead atoms. The molecule has 0 N–H and O–H groups in total. The highest BCUT2D eigenvalue weighted by atomic mass is 32.2. The van der Waals surface area contributed by atoms with Gasteiger partial charge in [0.1, 0.15) is 6.10 Å². The van der Waals surface area contributed by atoms with Crippen LogP contribution in [-0.4, -0.2) is 56.7 Å². The van der Waals surface area contributed by atoms with Crippen LogP contribution in [-0.2, 0) is 30.7 Å². The number of allylic oxidation sites excluding steroid dienone is 1. The number of rotatable bonds is 16. The zero-order chi connectivity index (χ0) is 24.0. The number of nitrogens with zero attached hydrogens (tertiary/aromatic N) is 1. The smallest absolute Gasteiger partial charge is 0.338 e. The number of benzene rings is 1. The predicted molar refractivity (Wildman–Crippen MR) is 126 cm³/mol. The summed E-state index contributed by atoms with van der Waals surface area (Å²) in [5.41, 5.74) is 1.53. The van der Waals surface area contributed by atoms with Crippen LogP contribution < -0.4 is 0 Å². The second-order valence-corrected chi connectivity index (χ2v) is 9.76. The van der Waals surface area contributed by atoms with Crippen LogP contribution in [0.15, 0.2) is 36.9 Å². The summed E-state index contributed by atoms with van der Waals surface area (Å²) in [6.45, 7) is 7.98. The molecule has 180 valence electrons.